The number of piperazine rings is 1. The maximum atomic E-state index is 12.4. The van der Waals surface area contributed by atoms with Gasteiger partial charge in [0.05, 0.1) is 12.1 Å². The Morgan fingerprint density at radius 2 is 1.97 bits per heavy atom. The lowest BCUT2D eigenvalue weighted by molar-refractivity contribution is -0.123. The molecule has 4 rings (SSSR count). The third-order valence-electron chi connectivity index (χ3n) is 6.02. The van der Waals surface area contributed by atoms with Crippen LogP contribution in [0.2, 0.25) is 0 Å². The molecule has 1 amide bonds. The predicted molar refractivity (Wildman–Crippen MR) is 114 cm³/mol. The van der Waals surface area contributed by atoms with Crippen molar-refractivity contribution < 1.29 is 14.7 Å². The molecule has 2 aromatic carbocycles. The zero-order valence-corrected chi connectivity index (χ0v) is 16.8. The van der Waals surface area contributed by atoms with Gasteiger partial charge in [-0.3, -0.25) is 14.5 Å². The van der Waals surface area contributed by atoms with E-state index < -0.39 is 0 Å². The van der Waals surface area contributed by atoms with Crippen molar-refractivity contribution >= 4 is 28.7 Å². The molecule has 1 unspecified atom stereocenters. The van der Waals surface area contributed by atoms with Crippen LogP contribution in [0.3, 0.4) is 0 Å². The molecule has 154 valence electrons. The minimum atomic E-state index is 0.00421. The molecule has 0 bridgehead atoms. The molecule has 0 aliphatic carbocycles. The van der Waals surface area contributed by atoms with E-state index in [1.165, 1.54) is 0 Å². The summed E-state index contributed by atoms with van der Waals surface area (Å²) in [5.41, 5.74) is 1.39. The fourth-order valence-electron chi connectivity index (χ4n) is 4.25. The summed E-state index contributed by atoms with van der Waals surface area (Å²) in [4.78, 5) is 30.5. The Labute approximate surface area is 170 Å². The van der Waals surface area contributed by atoms with Crippen molar-refractivity contribution in [1.29, 1.82) is 0 Å². The number of phenols is 1. The molecule has 1 atom stereocenters. The van der Waals surface area contributed by atoms with Crippen LogP contribution < -0.4 is 10.2 Å². The zero-order chi connectivity index (χ0) is 20.4. The summed E-state index contributed by atoms with van der Waals surface area (Å²) in [6.45, 7) is 6.03. The number of hydrogen-bond donors (Lipinski definition) is 2. The molecule has 7 heteroatoms. The van der Waals surface area contributed by atoms with E-state index in [0.29, 0.717) is 18.4 Å². The van der Waals surface area contributed by atoms with Crippen LogP contribution in [-0.2, 0) is 4.79 Å². The van der Waals surface area contributed by atoms with Gasteiger partial charge in [0.15, 0.2) is 6.29 Å². The highest BCUT2D eigenvalue weighted by atomic mass is 16.3. The number of anilines is 1. The van der Waals surface area contributed by atoms with E-state index in [-0.39, 0.29) is 17.7 Å². The Bertz CT molecular complexity index is 908. The van der Waals surface area contributed by atoms with Crippen molar-refractivity contribution in [1.82, 2.24) is 15.1 Å². The van der Waals surface area contributed by atoms with Crippen LogP contribution in [0.1, 0.15) is 16.8 Å². The highest BCUT2D eigenvalue weighted by molar-refractivity contribution is 6.01. The molecule has 2 fully saturated rings. The molecule has 0 aromatic heterocycles. The Hall–Kier alpha value is -2.64. The fraction of sp³-hybridized carbons (Fsp3) is 0.455. The summed E-state index contributed by atoms with van der Waals surface area (Å²) in [6.07, 6.45) is 1.61. The van der Waals surface area contributed by atoms with E-state index in [9.17, 15) is 14.7 Å². The Morgan fingerprint density at radius 3 is 2.72 bits per heavy atom. The summed E-state index contributed by atoms with van der Waals surface area (Å²) < 4.78 is 0. The standard InChI is InChI=1S/C22H28N4O3/c1-24-8-10-25(11-9-24)14-22(29)23-17-6-7-26(13-17)18-3-4-19-16(12-18)2-5-21(28)20(19)15-27/h2-5,12,15,17,28H,6-11,13-14H2,1H3,(H,23,29). The smallest absolute Gasteiger partial charge is 0.234 e. The molecule has 2 saturated heterocycles. The monoisotopic (exact) mass is 396 g/mol. The van der Waals surface area contributed by atoms with Crippen LogP contribution in [0.15, 0.2) is 30.3 Å². The van der Waals surface area contributed by atoms with E-state index in [1.807, 2.05) is 24.3 Å². The molecule has 29 heavy (non-hydrogen) atoms. The lowest BCUT2D eigenvalue weighted by Gasteiger charge is -2.32. The zero-order valence-electron chi connectivity index (χ0n) is 16.8. The quantitative estimate of drug-likeness (QED) is 0.742. The van der Waals surface area contributed by atoms with Crippen LogP contribution in [0.4, 0.5) is 5.69 Å². The number of aldehydes is 1. The van der Waals surface area contributed by atoms with Gasteiger partial charge in [-0.2, -0.15) is 0 Å². The molecule has 2 N–H and O–H groups in total. The Balaban J connectivity index is 1.36. The molecule has 2 aliphatic heterocycles. The van der Waals surface area contributed by atoms with Crippen LogP contribution in [0.25, 0.3) is 10.8 Å². The first-order valence-electron chi connectivity index (χ1n) is 10.2. The number of aromatic hydroxyl groups is 1. The summed E-state index contributed by atoms with van der Waals surface area (Å²) in [5.74, 6) is 0.107. The lowest BCUT2D eigenvalue weighted by atomic mass is 10.0. The number of nitrogens with one attached hydrogen (secondary N) is 1. The second-order valence-electron chi connectivity index (χ2n) is 8.10. The van der Waals surface area contributed by atoms with Crippen LogP contribution >= 0.6 is 0 Å². The molecule has 2 aliphatic rings. The average molecular weight is 396 g/mol. The molecular formula is C22H28N4O3. The average Bonchev–Trinajstić information content (AvgIpc) is 3.17. The second kappa shape index (κ2) is 8.39. The number of rotatable bonds is 5. The Morgan fingerprint density at radius 1 is 1.17 bits per heavy atom. The number of benzene rings is 2. The van der Waals surface area contributed by atoms with Gasteiger partial charge in [0.1, 0.15) is 5.75 Å². The van der Waals surface area contributed by atoms with Gasteiger partial charge in [-0.25, -0.2) is 0 Å². The van der Waals surface area contributed by atoms with E-state index in [2.05, 4.69) is 27.1 Å². The number of amides is 1. The molecule has 7 nitrogen and oxygen atoms in total. The highest BCUT2D eigenvalue weighted by Crippen LogP contribution is 2.30. The normalized spacial score (nSPS) is 20.9. The van der Waals surface area contributed by atoms with E-state index in [0.717, 1.165) is 62.1 Å². The maximum absolute atomic E-state index is 12.4. The molecule has 2 aromatic rings. The Kier molecular flexibility index (Phi) is 5.69. The maximum Gasteiger partial charge on any atom is 0.234 e. The van der Waals surface area contributed by atoms with Gasteiger partial charge in [-0.05, 0) is 42.4 Å². The first-order valence-corrected chi connectivity index (χ1v) is 10.2. The lowest BCUT2D eigenvalue weighted by Crippen LogP contribution is -2.49. The number of carbonyl (C=O) groups is 2. The fourth-order valence-corrected chi connectivity index (χ4v) is 4.25. The SMILES string of the molecule is CN1CCN(CC(=O)NC2CCN(c3ccc4c(C=O)c(O)ccc4c3)C2)CC1. The summed E-state index contributed by atoms with van der Waals surface area (Å²) >= 11 is 0. The summed E-state index contributed by atoms with van der Waals surface area (Å²) in [5, 5.41) is 14.7. The number of nitrogens with zero attached hydrogens (tertiary/aromatic N) is 3. The molecule has 0 saturated carbocycles. The van der Waals surface area contributed by atoms with Gasteiger partial charge in [-0.1, -0.05) is 12.1 Å². The molecule has 0 radical (unpaired) electrons. The van der Waals surface area contributed by atoms with Crippen molar-refractivity contribution in [2.24, 2.45) is 0 Å². The predicted octanol–water partition coefficient (Wildman–Crippen LogP) is 1.30. The van der Waals surface area contributed by atoms with Crippen LogP contribution in [0, 0.1) is 0 Å². The number of phenolic OH excluding ortho intramolecular Hbond substituents is 1. The summed E-state index contributed by atoms with van der Waals surface area (Å²) in [7, 11) is 2.11. The largest absolute Gasteiger partial charge is 0.507 e. The molecule has 0 spiro atoms. The van der Waals surface area contributed by atoms with Crippen LogP contribution in [-0.4, -0.2) is 86.0 Å². The van der Waals surface area contributed by atoms with Gasteiger partial charge < -0.3 is 20.2 Å². The van der Waals surface area contributed by atoms with E-state index in [1.54, 1.807) is 6.07 Å². The van der Waals surface area contributed by atoms with E-state index in [4.69, 9.17) is 0 Å². The first-order chi connectivity index (χ1) is 14.0. The van der Waals surface area contributed by atoms with Crippen molar-refractivity contribution in [3.05, 3.63) is 35.9 Å². The van der Waals surface area contributed by atoms with Gasteiger partial charge >= 0.3 is 0 Å². The van der Waals surface area contributed by atoms with Gasteiger partial charge in [0, 0.05) is 51.0 Å². The minimum absolute atomic E-state index is 0.00421. The van der Waals surface area contributed by atoms with Crippen molar-refractivity contribution in [2.45, 2.75) is 12.5 Å². The molecule has 2 heterocycles. The third kappa shape index (κ3) is 4.36. The van der Waals surface area contributed by atoms with Gasteiger partial charge in [0.2, 0.25) is 5.91 Å². The number of carbonyl (C=O) groups excluding carboxylic acids is 2. The van der Waals surface area contributed by atoms with E-state index >= 15 is 0 Å². The third-order valence-corrected chi connectivity index (χ3v) is 6.02. The van der Waals surface area contributed by atoms with Gasteiger partial charge in [-0.15, -0.1) is 0 Å². The highest BCUT2D eigenvalue weighted by Gasteiger charge is 2.25. The van der Waals surface area contributed by atoms with Crippen molar-refractivity contribution in [2.75, 3.05) is 57.8 Å². The van der Waals surface area contributed by atoms with Crippen LogP contribution in [0.5, 0.6) is 5.75 Å². The number of hydrogen-bond acceptors (Lipinski definition) is 6. The minimum Gasteiger partial charge on any atom is -0.507 e. The first kappa shape index (κ1) is 19.7. The number of fused-ring (bicyclic) bond motifs is 1. The topological polar surface area (TPSA) is 76.1 Å². The number of likely N-dealkylation sites (N-methyl/N-ethyl adjacent to an activating group) is 1. The molecular weight excluding hydrogens is 368 g/mol. The van der Waals surface area contributed by atoms with Gasteiger partial charge in [0.25, 0.3) is 0 Å². The summed E-state index contributed by atoms with van der Waals surface area (Å²) in [6, 6.07) is 9.43. The second-order valence-corrected chi connectivity index (χ2v) is 8.10. The van der Waals surface area contributed by atoms with Crippen molar-refractivity contribution in [3.63, 3.8) is 0 Å². The van der Waals surface area contributed by atoms with Crippen molar-refractivity contribution in [3.8, 4) is 5.75 Å².